The Bertz CT molecular complexity index is 243. The van der Waals surface area contributed by atoms with Crippen molar-refractivity contribution in [3.63, 3.8) is 0 Å². The largest absolute Gasteiger partial charge is 3.00 e. The van der Waals surface area contributed by atoms with Gasteiger partial charge in [-0.15, -0.1) is 0 Å². The van der Waals surface area contributed by atoms with Gasteiger partial charge in [-0.05, 0) is 6.16 Å². The molecule has 0 radical (unpaired) electrons. The normalized spacial score (nSPS) is 7.10. The molecule has 0 aliphatic heterocycles. The number of hydrogen-bond donors (Lipinski definition) is 2. The Morgan fingerprint density at radius 2 is 1.05 bits per heavy atom. The van der Waals surface area contributed by atoms with Gasteiger partial charge in [-0.3, -0.25) is 8.42 Å². The molecule has 0 aromatic rings. The number of carboxylic acid groups (broad SMARTS) is 2. The fraction of sp³-hybridized carbons (Fsp3) is 0. The van der Waals surface area contributed by atoms with Crippen molar-refractivity contribution in [1.82, 2.24) is 0 Å². The van der Waals surface area contributed by atoms with Crippen LogP contribution in [0.3, 0.4) is 0 Å². The van der Waals surface area contributed by atoms with Gasteiger partial charge in [-0.1, -0.05) is 0 Å². The Morgan fingerprint density at radius 1 is 1.05 bits per heavy atom. The Balaban J connectivity index is -0.0000000113. The number of carbonyl (C=O) groups is 1. The first-order valence-electron chi connectivity index (χ1n) is 2.13. The summed E-state index contributed by atoms with van der Waals surface area (Å²) in [4.78, 5) is 40.1. The third-order valence-corrected chi connectivity index (χ3v) is 0. The van der Waals surface area contributed by atoms with Gasteiger partial charge in [0, 0.05) is 10.4 Å². The van der Waals surface area contributed by atoms with Crippen LogP contribution in [-0.4, -0.2) is 103 Å². The molecule has 0 atom stereocenters. The van der Waals surface area contributed by atoms with E-state index in [0.717, 1.165) is 0 Å². The topological polar surface area (TPSA) is 262 Å². The van der Waals surface area contributed by atoms with Gasteiger partial charge in [0.05, 0.1) is 0 Å². The van der Waals surface area contributed by atoms with Crippen LogP contribution in [0, 0.1) is 0 Å². The van der Waals surface area contributed by atoms with Crippen molar-refractivity contribution in [1.29, 1.82) is 0 Å². The van der Waals surface area contributed by atoms with Gasteiger partial charge in [0.15, 0.2) is 0 Å². The standard InChI is InChI=1S/CH2O3.Al.Ca.ClH.K.Na.H2O4S.H2O4Si.H2O/c2-1(3)4;;;;;;2*1-5(2,3)4;/h(H2,2,3,4);;;1H;;;(H2,1,2,3,4);1-2H;1H2/q;+3;+2;;2*+1;;-2;/p-5. The van der Waals surface area contributed by atoms with Crippen molar-refractivity contribution in [2.45, 2.75) is 0 Å². The van der Waals surface area contributed by atoms with Crippen LogP contribution in [0.4, 0.5) is 4.79 Å². The molecule has 4 N–H and O–H groups in total. The zero-order valence-electron chi connectivity index (χ0n) is 10.1. The molecular weight excluding hydrogens is 429 g/mol. The molecule has 104 valence electrons. The van der Waals surface area contributed by atoms with Gasteiger partial charge < -0.3 is 61.2 Å². The maximum absolute atomic E-state index is 8.80. The molecule has 0 aliphatic carbocycles. The molecule has 0 bridgehead atoms. The molecule has 0 rings (SSSR count). The number of hydrogen-bond acceptors (Lipinski definition) is 11. The molecule has 20 heavy (non-hydrogen) atoms. The molecule has 0 heterocycles. The molecule has 0 saturated carbocycles. The zero-order valence-corrected chi connectivity index (χ0v) is 21.2. The van der Waals surface area contributed by atoms with Crippen LogP contribution in [0.5, 0.6) is 0 Å². The van der Waals surface area contributed by atoms with Gasteiger partial charge >= 0.3 is 136 Å². The number of halogens is 1. The molecule has 0 saturated heterocycles. The van der Waals surface area contributed by atoms with Crippen LogP contribution in [0.15, 0.2) is 0 Å². The third kappa shape index (κ3) is 635. The van der Waals surface area contributed by atoms with E-state index in [1.807, 2.05) is 0 Å². The second-order valence-corrected chi connectivity index (χ2v) is 3.12. The second kappa shape index (κ2) is 30.7. The third-order valence-electron chi connectivity index (χ3n) is 0. The summed E-state index contributed by atoms with van der Waals surface area (Å²) in [6.07, 6.45) is -2.33. The van der Waals surface area contributed by atoms with Gasteiger partial charge in [-0.25, -0.2) is 0 Å². The Hall–Kier alpha value is 3.88. The van der Waals surface area contributed by atoms with E-state index in [2.05, 4.69) is 0 Å². The molecule has 0 aromatic carbocycles. The molecule has 12 nitrogen and oxygen atoms in total. The summed E-state index contributed by atoms with van der Waals surface area (Å²) in [5.41, 5.74) is 0. The van der Waals surface area contributed by atoms with E-state index >= 15 is 0 Å². The molecule has 0 amide bonds. The molecule has 0 unspecified atom stereocenters. The van der Waals surface area contributed by atoms with Gasteiger partial charge in [0.1, 0.15) is 9.05 Å². The van der Waals surface area contributed by atoms with E-state index in [-0.39, 0.29) is 154 Å². The van der Waals surface area contributed by atoms with Crippen LogP contribution in [0.2, 0.25) is 0 Å². The van der Waals surface area contributed by atoms with Gasteiger partial charge in [0.25, 0.3) is 0 Å². The second-order valence-electron chi connectivity index (χ2n) is 1.21. The Kier molecular flexibility index (Phi) is 86.7. The van der Waals surface area contributed by atoms with Crippen LogP contribution in [0.25, 0.3) is 0 Å². The molecular formula is CH4AlCaClKNaO12SSi. The van der Waals surface area contributed by atoms with Crippen molar-refractivity contribution in [2.75, 3.05) is 0 Å². The summed E-state index contributed by atoms with van der Waals surface area (Å²) in [7, 11) is -10.3. The zero-order chi connectivity index (χ0) is 12.6. The summed E-state index contributed by atoms with van der Waals surface area (Å²) in [6.45, 7) is 0. The minimum atomic E-state index is -5.17. The summed E-state index contributed by atoms with van der Waals surface area (Å²) in [5.74, 6) is 0. The fourth-order valence-electron chi connectivity index (χ4n) is 0. The van der Waals surface area contributed by atoms with Crippen molar-refractivity contribution in [2.24, 2.45) is 0 Å². The van der Waals surface area contributed by atoms with Crippen molar-refractivity contribution < 1.29 is 151 Å². The minimum absolute atomic E-state index is 0. The first-order valence-corrected chi connectivity index (χ1v) is 5.18. The first kappa shape index (κ1) is 56.5. The van der Waals surface area contributed by atoms with E-state index in [9.17, 15) is 0 Å². The maximum atomic E-state index is 8.80. The van der Waals surface area contributed by atoms with E-state index < -0.39 is 25.6 Å². The molecule has 0 aliphatic rings. The smallest absolute Gasteiger partial charge is 1.00 e. The predicted molar refractivity (Wildman–Crippen MR) is 41.2 cm³/mol. The summed E-state index contributed by atoms with van der Waals surface area (Å²) in [5, 5.41) is 16.7. The van der Waals surface area contributed by atoms with Crippen LogP contribution < -0.4 is 113 Å². The monoisotopic (exact) mass is 432 g/mol. The average Bonchev–Trinajstić information content (AvgIpc) is 1.45. The SMILES string of the molecule is O.O=C([O-])[O-].O=S(=O)([O-])[O-].[Al+3].[Ca+2].[Cl-].[K+].[Na+].[O-][Si]([O-])(O)O. The van der Waals surface area contributed by atoms with E-state index in [0.29, 0.717) is 0 Å². The number of rotatable bonds is 0. The quantitative estimate of drug-likeness (QED) is 0.206. The van der Waals surface area contributed by atoms with E-state index in [1.165, 1.54) is 0 Å². The first-order chi connectivity index (χ1) is 5.73. The summed E-state index contributed by atoms with van der Waals surface area (Å²) < 4.78 is 34.1. The molecule has 0 aromatic heterocycles. The van der Waals surface area contributed by atoms with Crippen molar-refractivity contribution >= 4 is 80.7 Å². The molecule has 0 spiro atoms. The fourth-order valence-corrected chi connectivity index (χ4v) is 0. The number of carbonyl (C=O) groups excluding carboxylic acids is 1. The summed E-state index contributed by atoms with van der Waals surface area (Å²) >= 11 is 0. The predicted octanol–water partition coefficient (Wildman–Crippen LogP) is -18.2. The van der Waals surface area contributed by atoms with Gasteiger partial charge in [0.2, 0.25) is 0 Å². The van der Waals surface area contributed by atoms with Crippen molar-refractivity contribution in [3.8, 4) is 0 Å². The Labute approximate surface area is 226 Å². The van der Waals surface area contributed by atoms with E-state index in [4.69, 9.17) is 51.7 Å². The minimum Gasteiger partial charge on any atom is -1.00 e. The van der Waals surface area contributed by atoms with Crippen LogP contribution >= 0.6 is 0 Å². The van der Waals surface area contributed by atoms with E-state index in [1.54, 1.807) is 0 Å². The van der Waals surface area contributed by atoms with Crippen LogP contribution in [-0.2, 0) is 10.4 Å². The van der Waals surface area contributed by atoms with Gasteiger partial charge in [-0.2, -0.15) is 0 Å². The van der Waals surface area contributed by atoms with Crippen LogP contribution in [0.1, 0.15) is 0 Å². The molecule has 19 heteroatoms. The Morgan fingerprint density at radius 3 is 1.05 bits per heavy atom. The summed E-state index contributed by atoms with van der Waals surface area (Å²) in [6, 6.07) is 0. The van der Waals surface area contributed by atoms with Crippen molar-refractivity contribution in [3.05, 3.63) is 0 Å². The average molecular weight is 433 g/mol. The molecule has 0 fully saturated rings. The maximum Gasteiger partial charge on any atom is 3.00 e.